The molecule has 10 rings (SSSR count). The molecule has 0 bridgehead atoms. The van der Waals surface area contributed by atoms with Gasteiger partial charge in [-0.15, -0.1) is 11.3 Å². The zero-order valence-electron chi connectivity index (χ0n) is 27.8. The van der Waals surface area contributed by atoms with Crippen LogP contribution in [-0.2, 0) is 5.41 Å². The molecule has 0 fully saturated rings. The van der Waals surface area contributed by atoms with Crippen molar-refractivity contribution in [3.8, 4) is 44.2 Å². The Kier molecular flexibility index (Phi) is 6.49. The number of fused-ring (bicyclic) bond motifs is 7. The Hall–Kier alpha value is -5.78. The van der Waals surface area contributed by atoms with E-state index in [1.54, 1.807) is 11.3 Å². The number of nitrogens with zero attached hydrogens (tertiary/aromatic N) is 1. The van der Waals surface area contributed by atoms with E-state index in [9.17, 15) is 0 Å². The monoisotopic (exact) mass is 667 g/mol. The molecule has 0 amide bonds. The zero-order chi connectivity index (χ0) is 33.4. The topological polar surface area (TPSA) is 34.8 Å². The summed E-state index contributed by atoms with van der Waals surface area (Å²) in [7, 11) is 0. The summed E-state index contributed by atoms with van der Waals surface area (Å²) in [6.07, 6.45) is 0. The normalized spacial score (nSPS) is 14.1. The molecular formula is C45H33NO3S. The molecule has 0 unspecified atom stereocenters. The Morgan fingerprint density at radius 1 is 0.560 bits per heavy atom. The lowest BCUT2D eigenvalue weighted by Gasteiger charge is -2.28. The second-order valence-electron chi connectivity index (χ2n) is 13.5. The van der Waals surface area contributed by atoms with Crippen LogP contribution in [0.1, 0.15) is 25.0 Å². The maximum Gasteiger partial charge on any atom is 0.197 e. The summed E-state index contributed by atoms with van der Waals surface area (Å²) >= 11 is 1.71. The lowest BCUT2D eigenvalue weighted by atomic mass is 9.82. The number of anilines is 3. The minimum Gasteiger partial charge on any atom is -0.485 e. The second kappa shape index (κ2) is 11.1. The Balaban J connectivity index is 1.15. The van der Waals surface area contributed by atoms with Gasteiger partial charge in [0.2, 0.25) is 0 Å². The summed E-state index contributed by atoms with van der Waals surface area (Å²) in [6.45, 7) is 5.69. The van der Waals surface area contributed by atoms with Gasteiger partial charge in [-0.05, 0) is 63.7 Å². The maximum atomic E-state index is 6.47. The van der Waals surface area contributed by atoms with E-state index in [-0.39, 0.29) is 5.41 Å². The fourth-order valence-electron chi connectivity index (χ4n) is 7.84. The van der Waals surface area contributed by atoms with Gasteiger partial charge in [-0.3, -0.25) is 4.90 Å². The van der Waals surface area contributed by atoms with Gasteiger partial charge in [0.25, 0.3) is 0 Å². The molecule has 0 saturated heterocycles. The van der Waals surface area contributed by atoms with Crippen LogP contribution in [0.15, 0.2) is 144 Å². The number of rotatable bonds is 5. The summed E-state index contributed by atoms with van der Waals surface area (Å²) in [5.74, 6) is 1.61. The number of para-hydroxylation sites is 2. The van der Waals surface area contributed by atoms with E-state index >= 15 is 0 Å². The van der Waals surface area contributed by atoms with E-state index < -0.39 is 0 Å². The third-order valence-corrected chi connectivity index (χ3v) is 11.5. The lowest BCUT2D eigenvalue weighted by molar-refractivity contribution is 0.175. The van der Waals surface area contributed by atoms with Gasteiger partial charge in [0.1, 0.15) is 29.4 Å². The van der Waals surface area contributed by atoms with Gasteiger partial charge >= 0.3 is 0 Å². The minimum atomic E-state index is -0.133. The molecule has 1 aliphatic heterocycles. The summed E-state index contributed by atoms with van der Waals surface area (Å²) in [4.78, 5) is 3.41. The fraction of sp³-hybridized carbons (Fsp3) is 0.111. The number of ether oxygens (including phenoxy) is 2. The van der Waals surface area contributed by atoms with Crippen LogP contribution in [0.4, 0.5) is 16.4 Å². The summed E-state index contributed by atoms with van der Waals surface area (Å²) in [6, 6.07) is 49.6. The van der Waals surface area contributed by atoms with Crippen molar-refractivity contribution in [2.45, 2.75) is 19.3 Å². The molecule has 0 N–H and O–H groups in total. The van der Waals surface area contributed by atoms with Gasteiger partial charge < -0.3 is 13.9 Å². The second-order valence-corrected chi connectivity index (χ2v) is 14.5. The van der Waals surface area contributed by atoms with E-state index in [1.165, 1.54) is 22.3 Å². The Bertz CT molecular complexity index is 2580. The third kappa shape index (κ3) is 4.36. The Morgan fingerprint density at radius 2 is 1.24 bits per heavy atom. The number of thiophene rings is 1. The van der Waals surface area contributed by atoms with Gasteiger partial charge in [-0.25, -0.2) is 0 Å². The van der Waals surface area contributed by atoms with E-state index in [1.807, 2.05) is 18.2 Å². The molecule has 5 heteroatoms. The van der Waals surface area contributed by atoms with Crippen molar-refractivity contribution in [1.82, 2.24) is 0 Å². The van der Waals surface area contributed by atoms with Crippen LogP contribution in [0.25, 0.3) is 54.6 Å². The molecule has 4 nitrogen and oxygen atoms in total. The highest BCUT2D eigenvalue weighted by Crippen LogP contribution is 2.58. The van der Waals surface area contributed by atoms with Crippen molar-refractivity contribution in [1.29, 1.82) is 0 Å². The minimum absolute atomic E-state index is 0.133. The van der Waals surface area contributed by atoms with Crippen LogP contribution >= 0.6 is 11.3 Å². The lowest BCUT2D eigenvalue weighted by Crippen LogP contribution is -2.18. The molecule has 0 spiro atoms. The number of hydrogen-bond acceptors (Lipinski definition) is 5. The van der Waals surface area contributed by atoms with E-state index in [0.29, 0.717) is 13.2 Å². The average Bonchev–Trinajstić information content (AvgIpc) is 3.81. The van der Waals surface area contributed by atoms with Gasteiger partial charge in [0.05, 0.1) is 4.88 Å². The summed E-state index contributed by atoms with van der Waals surface area (Å²) in [5.41, 5.74) is 12.4. The van der Waals surface area contributed by atoms with Gasteiger partial charge in [0.15, 0.2) is 11.5 Å². The fourth-order valence-corrected chi connectivity index (χ4v) is 9.08. The van der Waals surface area contributed by atoms with Crippen LogP contribution in [-0.4, -0.2) is 13.2 Å². The molecule has 2 aliphatic rings. The molecular weight excluding hydrogens is 635 g/mol. The summed E-state index contributed by atoms with van der Waals surface area (Å²) < 4.78 is 19.2. The van der Waals surface area contributed by atoms with Crippen LogP contribution in [0.2, 0.25) is 0 Å². The Morgan fingerprint density at radius 3 is 2.10 bits per heavy atom. The van der Waals surface area contributed by atoms with Crippen LogP contribution in [0.3, 0.4) is 0 Å². The highest BCUT2D eigenvalue weighted by Gasteiger charge is 2.37. The van der Waals surface area contributed by atoms with E-state index in [4.69, 9.17) is 13.9 Å². The first-order valence-electron chi connectivity index (χ1n) is 17.1. The van der Waals surface area contributed by atoms with Crippen molar-refractivity contribution in [3.63, 3.8) is 0 Å². The molecule has 2 aromatic heterocycles. The predicted octanol–water partition coefficient (Wildman–Crippen LogP) is 12.5. The van der Waals surface area contributed by atoms with Crippen molar-refractivity contribution in [2.75, 3.05) is 18.1 Å². The molecule has 50 heavy (non-hydrogen) atoms. The average molecular weight is 668 g/mol. The van der Waals surface area contributed by atoms with Crippen molar-refractivity contribution >= 4 is 49.7 Å². The molecule has 0 radical (unpaired) electrons. The first-order valence-corrected chi connectivity index (χ1v) is 17.9. The molecule has 0 atom stereocenters. The highest BCUT2D eigenvalue weighted by atomic mass is 32.1. The number of furan rings is 1. The quantitative estimate of drug-likeness (QED) is 0.183. The molecule has 3 heterocycles. The third-order valence-electron chi connectivity index (χ3n) is 10.3. The molecule has 8 aromatic rings. The first kappa shape index (κ1) is 29.2. The van der Waals surface area contributed by atoms with Crippen LogP contribution in [0, 0.1) is 0 Å². The largest absolute Gasteiger partial charge is 0.485 e. The smallest absolute Gasteiger partial charge is 0.197 e. The van der Waals surface area contributed by atoms with E-state index in [2.05, 4.69) is 140 Å². The van der Waals surface area contributed by atoms with Crippen LogP contribution < -0.4 is 14.4 Å². The van der Waals surface area contributed by atoms with Gasteiger partial charge in [0, 0.05) is 33.1 Å². The predicted molar refractivity (Wildman–Crippen MR) is 206 cm³/mol. The van der Waals surface area contributed by atoms with Gasteiger partial charge in [-0.1, -0.05) is 123 Å². The van der Waals surface area contributed by atoms with Crippen molar-refractivity contribution in [2.24, 2.45) is 0 Å². The molecule has 0 saturated carbocycles. The SMILES string of the molecule is CC1(C)c2ccccc2-c2ccc(N(c3ccc(-c4cccc5c4oc4ccccc45)cc3)c3sc(-c4ccccc4)c4c3OCCO4)cc21. The zero-order valence-corrected chi connectivity index (χ0v) is 28.6. The molecule has 242 valence electrons. The summed E-state index contributed by atoms with van der Waals surface area (Å²) in [5, 5.41) is 3.26. The number of benzene rings is 6. The standard InChI is InChI=1S/C45H33NO3S/c1-45(2)37-17-8-6-13-33(37)34-24-23-31(27-38(34)45)46(44-42-41(47-25-26-48-42)43(50-44)29-11-4-3-5-12-29)30-21-19-28(20-22-30)32-15-10-16-36-35-14-7-9-18-39(35)49-40(32)36/h3-24,27H,25-26H2,1-2H3. The first-order chi connectivity index (χ1) is 24.6. The van der Waals surface area contributed by atoms with Crippen molar-refractivity contribution < 1.29 is 13.9 Å². The van der Waals surface area contributed by atoms with Gasteiger partial charge in [-0.2, -0.15) is 0 Å². The van der Waals surface area contributed by atoms with Crippen molar-refractivity contribution in [3.05, 3.63) is 151 Å². The highest BCUT2D eigenvalue weighted by molar-refractivity contribution is 7.20. The van der Waals surface area contributed by atoms with Crippen LogP contribution in [0.5, 0.6) is 11.5 Å². The number of hydrogen-bond donors (Lipinski definition) is 0. The molecule has 1 aliphatic carbocycles. The van der Waals surface area contributed by atoms with E-state index in [0.717, 1.165) is 71.4 Å². The maximum absolute atomic E-state index is 6.47. The molecule has 6 aromatic carbocycles. The Labute approximate surface area is 294 Å².